The number of hydrogen-bond donors (Lipinski definition) is 3. The molecule has 0 saturated carbocycles. The molecule has 0 radical (unpaired) electrons. The van der Waals surface area contributed by atoms with E-state index >= 15 is 0 Å². The molecular weight excluding hydrogens is 478 g/mol. The quantitative estimate of drug-likeness (QED) is 0.407. The van der Waals surface area contributed by atoms with Crippen LogP contribution in [0.25, 0.3) is 11.0 Å². The van der Waals surface area contributed by atoms with Gasteiger partial charge in [0.1, 0.15) is 17.2 Å². The van der Waals surface area contributed by atoms with Gasteiger partial charge in [0.25, 0.3) is 0 Å². The van der Waals surface area contributed by atoms with Crippen LogP contribution in [0.1, 0.15) is 12.5 Å². The second kappa shape index (κ2) is 9.84. The lowest BCUT2D eigenvalue weighted by Gasteiger charge is -2.41. The Balaban J connectivity index is 1.37. The number of rotatable bonds is 7. The normalized spacial score (nSPS) is 18.0. The topological polar surface area (TPSA) is 74.4 Å². The fourth-order valence-electron chi connectivity index (χ4n) is 4.65. The van der Waals surface area contributed by atoms with E-state index in [4.69, 9.17) is 9.47 Å². The maximum absolute atomic E-state index is 13.5. The van der Waals surface area contributed by atoms with Gasteiger partial charge in [-0.25, -0.2) is 4.98 Å². The van der Waals surface area contributed by atoms with Gasteiger partial charge in [0.2, 0.25) is 0 Å². The molecule has 0 spiro atoms. The zero-order valence-electron chi connectivity index (χ0n) is 19.7. The van der Waals surface area contributed by atoms with Crippen LogP contribution in [0.5, 0.6) is 5.75 Å². The molecule has 0 aliphatic carbocycles. The third-order valence-corrected chi connectivity index (χ3v) is 9.07. The summed E-state index contributed by atoms with van der Waals surface area (Å²) in [6, 6.07) is 8.36. The summed E-state index contributed by atoms with van der Waals surface area (Å²) in [6.07, 6.45) is -1.20. The van der Waals surface area contributed by atoms with Crippen molar-refractivity contribution in [2.75, 3.05) is 62.9 Å². The highest BCUT2D eigenvalue weighted by molar-refractivity contribution is 7.65. The Bertz CT molecular complexity index is 1190. The van der Waals surface area contributed by atoms with Crippen LogP contribution in [0.2, 0.25) is 0 Å². The summed E-state index contributed by atoms with van der Waals surface area (Å²) in [7, 11) is 1.36. The predicted molar refractivity (Wildman–Crippen MR) is 134 cm³/mol. The van der Waals surface area contributed by atoms with Crippen LogP contribution in [-0.4, -0.2) is 73.2 Å². The van der Waals surface area contributed by atoms with Gasteiger partial charge in [-0.05, 0) is 36.7 Å². The average molecular weight is 507 g/mol. The summed E-state index contributed by atoms with van der Waals surface area (Å²) < 4.78 is 51.4. The summed E-state index contributed by atoms with van der Waals surface area (Å²) in [5.74, 6) is 1.12. The summed E-state index contributed by atoms with van der Waals surface area (Å²) in [6.45, 7) is 6.20. The maximum atomic E-state index is 13.5. The summed E-state index contributed by atoms with van der Waals surface area (Å²) >= 11 is 0. The number of nitrogens with zero attached hydrogens (tertiary/aromatic N) is 2. The van der Waals surface area contributed by atoms with Crippen LogP contribution in [0.4, 0.5) is 30.4 Å². The molecule has 0 bridgehead atoms. The predicted octanol–water partition coefficient (Wildman–Crippen LogP) is 4.59. The van der Waals surface area contributed by atoms with Crippen molar-refractivity contribution in [3.63, 3.8) is 0 Å². The number of benzene rings is 1. The average Bonchev–Trinajstić information content (AvgIpc) is 3.24. The van der Waals surface area contributed by atoms with Gasteiger partial charge in [0.05, 0.1) is 43.0 Å². The molecule has 35 heavy (non-hydrogen) atoms. The Kier molecular flexibility index (Phi) is 6.79. The van der Waals surface area contributed by atoms with E-state index < -0.39 is 11.7 Å². The third kappa shape index (κ3) is 4.92. The highest BCUT2D eigenvalue weighted by Gasteiger charge is 2.35. The molecule has 188 valence electrons. The van der Waals surface area contributed by atoms with Gasteiger partial charge in [-0.2, -0.15) is 13.2 Å². The van der Waals surface area contributed by atoms with Crippen molar-refractivity contribution in [2.24, 2.45) is 0 Å². The molecule has 0 unspecified atom stereocenters. The fraction of sp³-hybridized carbons (Fsp3) is 0.458. The lowest BCUT2D eigenvalue weighted by atomic mass is 10.1. The number of H-pyrrole nitrogens is 1. The number of nitrogens with one attached hydrogen (secondary N) is 3. The molecule has 2 aliphatic heterocycles. The number of aromatic nitrogens is 2. The number of anilines is 3. The number of halogens is 3. The number of alkyl halides is 3. The van der Waals surface area contributed by atoms with Crippen molar-refractivity contribution in [1.29, 1.82) is 0 Å². The molecular formula is C24H29F3N5O2P. The molecule has 11 heteroatoms. The molecule has 2 saturated heterocycles. The van der Waals surface area contributed by atoms with Gasteiger partial charge in [0, 0.05) is 37.6 Å². The van der Waals surface area contributed by atoms with Crippen molar-refractivity contribution in [3.05, 3.63) is 36.0 Å². The van der Waals surface area contributed by atoms with E-state index in [9.17, 15) is 13.2 Å². The Hall–Kier alpha value is -2.55. The van der Waals surface area contributed by atoms with Gasteiger partial charge >= 0.3 is 6.18 Å². The SMILES string of the molecule is CCNc1cc(Nc2ccc(P3CCN(C4COC4)CC3)cc2OC)nc2[nH]cc(C(F)(F)F)c12. The van der Waals surface area contributed by atoms with Crippen molar-refractivity contribution in [2.45, 2.75) is 19.1 Å². The largest absolute Gasteiger partial charge is 0.495 e. The van der Waals surface area contributed by atoms with E-state index in [2.05, 4.69) is 37.6 Å². The van der Waals surface area contributed by atoms with Crippen LogP contribution in [-0.2, 0) is 10.9 Å². The van der Waals surface area contributed by atoms with E-state index in [0.29, 0.717) is 35.5 Å². The molecule has 0 atom stereocenters. The van der Waals surface area contributed by atoms with Crippen molar-refractivity contribution >= 4 is 41.5 Å². The molecule has 5 rings (SSSR count). The van der Waals surface area contributed by atoms with Gasteiger partial charge in [-0.15, -0.1) is 0 Å². The number of ether oxygens (including phenoxy) is 2. The molecule has 2 fully saturated rings. The van der Waals surface area contributed by atoms with Gasteiger partial charge in [-0.1, -0.05) is 14.0 Å². The first kappa shape index (κ1) is 24.2. The zero-order valence-corrected chi connectivity index (χ0v) is 20.6. The smallest absolute Gasteiger partial charge is 0.418 e. The number of fused-ring (bicyclic) bond motifs is 1. The first-order valence-electron chi connectivity index (χ1n) is 11.7. The molecule has 7 nitrogen and oxygen atoms in total. The Morgan fingerprint density at radius 3 is 2.60 bits per heavy atom. The van der Waals surface area contributed by atoms with Gasteiger partial charge < -0.3 is 25.1 Å². The summed E-state index contributed by atoms with van der Waals surface area (Å²) in [4.78, 5) is 9.60. The summed E-state index contributed by atoms with van der Waals surface area (Å²) in [5.41, 5.74) is 0.521. The minimum absolute atomic E-state index is 0.0369. The molecule has 0 amide bonds. The van der Waals surface area contributed by atoms with E-state index in [1.165, 1.54) is 5.30 Å². The van der Waals surface area contributed by atoms with E-state index in [1.807, 2.05) is 13.0 Å². The molecule has 4 heterocycles. The van der Waals surface area contributed by atoms with Crippen LogP contribution in [0, 0.1) is 0 Å². The number of hydrogen-bond acceptors (Lipinski definition) is 6. The Morgan fingerprint density at radius 1 is 1.20 bits per heavy atom. The number of pyridine rings is 1. The van der Waals surface area contributed by atoms with Gasteiger partial charge in [0.15, 0.2) is 0 Å². The summed E-state index contributed by atoms with van der Waals surface area (Å²) in [5, 5.41) is 7.60. The number of aromatic amines is 1. The fourth-order valence-corrected chi connectivity index (χ4v) is 6.97. The van der Waals surface area contributed by atoms with Crippen molar-refractivity contribution in [3.8, 4) is 5.75 Å². The monoisotopic (exact) mass is 507 g/mol. The van der Waals surface area contributed by atoms with Crippen LogP contribution in [0.3, 0.4) is 0 Å². The zero-order chi connectivity index (χ0) is 24.6. The molecule has 3 N–H and O–H groups in total. The standard InChI is InChI=1S/C24H29F3N5O2P/c1-3-28-19-11-21(31-23-22(19)17(12-29-23)24(25,26)27)30-18-5-4-16(10-20(18)33-2)35-8-6-32(7-9-35)15-13-34-14-15/h4-5,10-12,15H,3,6-9,13-14H2,1-2H3,(H3,28,29,30,31). The number of methoxy groups -OCH3 is 1. The van der Waals surface area contributed by atoms with Crippen molar-refractivity contribution < 1.29 is 22.6 Å². The van der Waals surface area contributed by atoms with E-state index in [-0.39, 0.29) is 19.0 Å². The van der Waals surface area contributed by atoms with Crippen LogP contribution < -0.4 is 20.7 Å². The second-order valence-corrected chi connectivity index (χ2v) is 11.2. The van der Waals surface area contributed by atoms with Crippen LogP contribution in [0.15, 0.2) is 30.5 Å². The molecule has 3 aromatic rings. The minimum Gasteiger partial charge on any atom is -0.495 e. The van der Waals surface area contributed by atoms with E-state index in [1.54, 1.807) is 13.2 Å². The Labute approximate surface area is 203 Å². The maximum Gasteiger partial charge on any atom is 0.418 e. The van der Waals surface area contributed by atoms with Gasteiger partial charge in [-0.3, -0.25) is 4.90 Å². The second-order valence-electron chi connectivity index (χ2n) is 8.73. The molecule has 2 aliphatic rings. The lowest BCUT2D eigenvalue weighted by Crippen LogP contribution is -2.52. The first-order valence-corrected chi connectivity index (χ1v) is 13.4. The highest BCUT2D eigenvalue weighted by atomic mass is 31.1. The highest BCUT2D eigenvalue weighted by Crippen LogP contribution is 2.41. The lowest BCUT2D eigenvalue weighted by molar-refractivity contribution is -0.136. The molecule has 1 aromatic carbocycles. The van der Waals surface area contributed by atoms with E-state index in [0.717, 1.165) is 44.8 Å². The Morgan fingerprint density at radius 2 is 1.97 bits per heavy atom. The van der Waals surface area contributed by atoms with Crippen molar-refractivity contribution in [1.82, 2.24) is 14.9 Å². The first-order chi connectivity index (χ1) is 16.9. The minimum atomic E-state index is -4.47. The van der Waals surface area contributed by atoms with Crippen LogP contribution >= 0.6 is 7.92 Å². The molecule has 2 aromatic heterocycles. The third-order valence-electron chi connectivity index (χ3n) is 6.58.